The Balaban J connectivity index is 1.48. The van der Waals surface area contributed by atoms with E-state index in [1.165, 1.54) is 16.4 Å². The van der Waals surface area contributed by atoms with Crippen LogP contribution in [0, 0.1) is 0 Å². The highest BCUT2D eigenvalue weighted by molar-refractivity contribution is 7.86. The maximum Gasteiger partial charge on any atom is 0.282 e. The largest absolute Gasteiger partial charge is 0.379 e. The molecule has 2 fully saturated rings. The molecular weight excluding hydrogens is 324 g/mol. The number of hydrogen-bond donors (Lipinski definition) is 0. The topological polar surface area (TPSA) is 66.0 Å². The molecule has 0 bridgehead atoms. The summed E-state index contributed by atoms with van der Waals surface area (Å²) >= 11 is 1.53. The Morgan fingerprint density at radius 3 is 2.41 bits per heavy atom. The van der Waals surface area contributed by atoms with E-state index < -0.39 is 10.2 Å². The molecule has 0 amide bonds. The highest BCUT2D eigenvalue weighted by atomic mass is 32.2. The molecule has 0 N–H and O–H groups in total. The lowest BCUT2D eigenvalue weighted by molar-refractivity contribution is 0.0685. The van der Waals surface area contributed by atoms with Crippen LogP contribution in [0.15, 0.2) is 12.3 Å². The summed E-state index contributed by atoms with van der Waals surface area (Å²) in [6, 6.07) is 2.05. The third kappa shape index (κ3) is 3.84. The lowest BCUT2D eigenvalue weighted by Gasteiger charge is -2.37. The Labute approximate surface area is 135 Å². The molecule has 2 aliphatic rings. The second-order valence-corrected chi connectivity index (χ2v) is 8.33. The molecule has 0 atom stereocenters. The van der Waals surface area contributed by atoms with Gasteiger partial charge in [-0.2, -0.15) is 17.0 Å². The molecular formula is C13H22N4O3S2. The molecule has 0 aromatic carbocycles. The van der Waals surface area contributed by atoms with Gasteiger partial charge in [-0.15, -0.1) is 0 Å². The third-order valence-electron chi connectivity index (χ3n) is 4.12. The van der Waals surface area contributed by atoms with Crippen molar-refractivity contribution in [3.8, 4) is 0 Å². The molecule has 9 heteroatoms. The molecule has 1 aromatic heterocycles. The maximum absolute atomic E-state index is 12.6. The van der Waals surface area contributed by atoms with Crippen molar-refractivity contribution in [2.24, 2.45) is 0 Å². The van der Waals surface area contributed by atoms with Gasteiger partial charge in [-0.1, -0.05) is 0 Å². The van der Waals surface area contributed by atoms with Crippen LogP contribution in [-0.2, 0) is 21.4 Å². The number of hydrogen-bond acceptors (Lipinski definition) is 6. The van der Waals surface area contributed by atoms with E-state index in [0.29, 0.717) is 39.4 Å². The standard InChI is InChI=1S/C13H22N4O3S2/c18-22(19,17-9-11-20-12-10-17)16-7-5-15(6-8-16)4-2-13-1-3-14-21-13/h1,3H,2,4-12H2. The molecule has 3 heterocycles. The summed E-state index contributed by atoms with van der Waals surface area (Å²) in [6.07, 6.45) is 2.81. The lowest BCUT2D eigenvalue weighted by atomic mass is 10.3. The summed E-state index contributed by atoms with van der Waals surface area (Å²) in [5, 5.41) is 0. The van der Waals surface area contributed by atoms with Crippen LogP contribution in [0.3, 0.4) is 0 Å². The van der Waals surface area contributed by atoms with E-state index in [-0.39, 0.29) is 0 Å². The Morgan fingerprint density at radius 2 is 1.77 bits per heavy atom. The van der Waals surface area contributed by atoms with E-state index in [9.17, 15) is 8.42 Å². The molecule has 22 heavy (non-hydrogen) atoms. The van der Waals surface area contributed by atoms with Gasteiger partial charge in [-0.05, 0) is 24.0 Å². The van der Waals surface area contributed by atoms with Crippen LogP contribution in [-0.4, -0.2) is 85.3 Å². The molecule has 3 rings (SSSR count). The minimum Gasteiger partial charge on any atom is -0.379 e. The molecule has 2 aliphatic heterocycles. The van der Waals surface area contributed by atoms with Crippen LogP contribution in [0.1, 0.15) is 4.88 Å². The summed E-state index contributed by atoms with van der Waals surface area (Å²) in [5.41, 5.74) is 0. The minimum absolute atomic E-state index is 0.466. The number of ether oxygens (including phenoxy) is 1. The number of aromatic nitrogens is 1. The Bertz CT molecular complexity index is 550. The highest BCUT2D eigenvalue weighted by Gasteiger charge is 2.33. The summed E-state index contributed by atoms with van der Waals surface area (Å²) in [5.74, 6) is 0. The van der Waals surface area contributed by atoms with Gasteiger partial charge in [-0.25, -0.2) is 4.37 Å². The van der Waals surface area contributed by atoms with E-state index in [0.717, 1.165) is 26.1 Å². The monoisotopic (exact) mass is 346 g/mol. The quantitative estimate of drug-likeness (QED) is 0.744. The molecule has 0 unspecified atom stereocenters. The summed E-state index contributed by atoms with van der Waals surface area (Å²) in [4.78, 5) is 3.61. The van der Waals surface area contributed by atoms with Gasteiger partial charge in [0, 0.05) is 56.9 Å². The zero-order valence-corrected chi connectivity index (χ0v) is 14.2. The first-order valence-corrected chi connectivity index (χ1v) is 9.78. The first-order chi connectivity index (χ1) is 10.7. The van der Waals surface area contributed by atoms with E-state index in [4.69, 9.17) is 4.74 Å². The van der Waals surface area contributed by atoms with Crippen molar-refractivity contribution in [2.75, 3.05) is 59.0 Å². The summed E-state index contributed by atoms with van der Waals surface area (Å²) in [6.45, 7) is 5.62. The predicted molar refractivity (Wildman–Crippen MR) is 85.1 cm³/mol. The van der Waals surface area contributed by atoms with E-state index in [1.54, 1.807) is 8.61 Å². The van der Waals surface area contributed by atoms with Crippen LogP contribution in [0.2, 0.25) is 0 Å². The van der Waals surface area contributed by atoms with Crippen LogP contribution >= 0.6 is 11.5 Å². The van der Waals surface area contributed by atoms with Gasteiger partial charge in [0.05, 0.1) is 13.2 Å². The smallest absolute Gasteiger partial charge is 0.282 e. The molecule has 2 saturated heterocycles. The van der Waals surface area contributed by atoms with Crippen molar-refractivity contribution in [3.05, 3.63) is 17.1 Å². The van der Waals surface area contributed by atoms with Gasteiger partial charge >= 0.3 is 0 Å². The van der Waals surface area contributed by atoms with Crippen molar-refractivity contribution in [2.45, 2.75) is 6.42 Å². The SMILES string of the molecule is O=S(=O)(N1CCOCC1)N1CCN(CCc2ccns2)CC1. The van der Waals surface area contributed by atoms with Gasteiger partial charge in [-0.3, -0.25) is 0 Å². The fourth-order valence-electron chi connectivity index (χ4n) is 2.76. The average molecular weight is 346 g/mol. The van der Waals surface area contributed by atoms with Gasteiger partial charge in [0.1, 0.15) is 0 Å². The number of piperazine rings is 1. The number of nitrogens with zero attached hydrogens (tertiary/aromatic N) is 4. The molecule has 1 aromatic rings. The van der Waals surface area contributed by atoms with E-state index >= 15 is 0 Å². The van der Waals surface area contributed by atoms with Crippen molar-refractivity contribution in [1.29, 1.82) is 0 Å². The Kier molecular flexibility index (Phi) is 5.42. The van der Waals surface area contributed by atoms with Crippen LogP contribution in [0.5, 0.6) is 0 Å². The van der Waals surface area contributed by atoms with Gasteiger partial charge in [0.15, 0.2) is 0 Å². The summed E-state index contributed by atoms with van der Waals surface area (Å²) in [7, 11) is -3.31. The Morgan fingerprint density at radius 1 is 1.09 bits per heavy atom. The molecule has 0 aliphatic carbocycles. The molecule has 0 spiro atoms. The molecule has 124 valence electrons. The number of morpholine rings is 1. The third-order valence-corrected chi connectivity index (χ3v) is 6.96. The van der Waals surface area contributed by atoms with E-state index in [2.05, 4.69) is 9.27 Å². The molecule has 0 radical (unpaired) electrons. The Hall–Kier alpha value is -0.580. The lowest BCUT2D eigenvalue weighted by Crippen LogP contribution is -2.55. The van der Waals surface area contributed by atoms with Crippen LogP contribution in [0.4, 0.5) is 0 Å². The maximum atomic E-state index is 12.6. The normalized spacial score (nSPS) is 22.9. The second-order valence-electron chi connectivity index (χ2n) is 5.49. The van der Waals surface area contributed by atoms with Crippen molar-refractivity contribution in [1.82, 2.24) is 17.9 Å². The average Bonchev–Trinajstić information content (AvgIpc) is 3.08. The molecule has 0 saturated carbocycles. The predicted octanol–water partition coefficient (Wildman–Crippen LogP) is -0.120. The van der Waals surface area contributed by atoms with Gasteiger partial charge in [0.25, 0.3) is 10.2 Å². The zero-order valence-electron chi connectivity index (χ0n) is 12.6. The highest BCUT2D eigenvalue weighted by Crippen LogP contribution is 2.14. The zero-order chi connectivity index (χ0) is 15.4. The fraction of sp³-hybridized carbons (Fsp3) is 0.769. The van der Waals surface area contributed by atoms with Gasteiger partial charge in [0.2, 0.25) is 0 Å². The fourth-order valence-corrected chi connectivity index (χ4v) is 4.89. The number of rotatable bonds is 5. The first kappa shape index (κ1) is 16.3. The van der Waals surface area contributed by atoms with E-state index in [1.807, 2.05) is 12.3 Å². The minimum atomic E-state index is -3.31. The van der Waals surface area contributed by atoms with Gasteiger partial charge < -0.3 is 9.64 Å². The van der Waals surface area contributed by atoms with Crippen molar-refractivity contribution in [3.63, 3.8) is 0 Å². The molecule has 7 nitrogen and oxygen atoms in total. The van der Waals surface area contributed by atoms with Crippen molar-refractivity contribution >= 4 is 21.7 Å². The van der Waals surface area contributed by atoms with Crippen LogP contribution < -0.4 is 0 Å². The summed E-state index contributed by atoms with van der Waals surface area (Å²) < 4.78 is 37.6. The first-order valence-electron chi connectivity index (χ1n) is 7.61. The second kappa shape index (κ2) is 7.33. The van der Waals surface area contributed by atoms with Crippen LogP contribution in [0.25, 0.3) is 0 Å². The van der Waals surface area contributed by atoms with Crippen molar-refractivity contribution < 1.29 is 13.2 Å².